The van der Waals surface area contributed by atoms with E-state index >= 15 is 0 Å². The van der Waals surface area contributed by atoms with Gasteiger partial charge in [-0.05, 0) is 55.5 Å². The molecule has 7 nitrogen and oxygen atoms in total. The zero-order chi connectivity index (χ0) is 22.6. The van der Waals surface area contributed by atoms with Crippen LogP contribution in [0.4, 0.5) is 0 Å². The van der Waals surface area contributed by atoms with Gasteiger partial charge in [0.15, 0.2) is 0 Å². The van der Waals surface area contributed by atoms with Crippen LogP contribution in [0.1, 0.15) is 35.2 Å². The maximum atomic E-state index is 13.1. The molecule has 2 fully saturated rings. The van der Waals surface area contributed by atoms with Gasteiger partial charge in [0, 0.05) is 50.2 Å². The molecular weight excluding hydrogens is 406 g/mol. The summed E-state index contributed by atoms with van der Waals surface area (Å²) in [4.78, 5) is 21.5. The van der Waals surface area contributed by atoms with Crippen molar-refractivity contribution in [1.82, 2.24) is 14.8 Å². The van der Waals surface area contributed by atoms with Crippen molar-refractivity contribution in [2.45, 2.75) is 31.9 Å². The molecule has 0 radical (unpaired) electrons. The molecule has 2 aliphatic heterocycles. The van der Waals surface area contributed by atoms with Crippen molar-refractivity contribution >= 4 is 5.91 Å². The van der Waals surface area contributed by atoms with Gasteiger partial charge in [0.25, 0.3) is 5.91 Å². The number of hydrogen-bond donors (Lipinski definition) is 0. The predicted molar refractivity (Wildman–Crippen MR) is 122 cm³/mol. The highest BCUT2D eigenvalue weighted by molar-refractivity contribution is 5.95. The van der Waals surface area contributed by atoms with Crippen molar-refractivity contribution in [2.75, 3.05) is 47.5 Å². The molecule has 3 heterocycles. The average molecular weight is 440 g/mol. The number of methoxy groups -OCH3 is 2. The van der Waals surface area contributed by atoms with Crippen molar-refractivity contribution in [3.63, 3.8) is 0 Å². The number of pyridine rings is 1. The Hall–Kier alpha value is -2.64. The Morgan fingerprint density at radius 3 is 2.56 bits per heavy atom. The summed E-state index contributed by atoms with van der Waals surface area (Å²) in [6.45, 7) is 4.06. The van der Waals surface area contributed by atoms with Crippen LogP contribution in [0.25, 0.3) is 0 Å². The minimum atomic E-state index is 0.0312. The molecule has 32 heavy (non-hydrogen) atoms. The van der Waals surface area contributed by atoms with Crippen molar-refractivity contribution in [2.24, 2.45) is 5.41 Å². The number of rotatable bonds is 7. The van der Waals surface area contributed by atoms with Crippen LogP contribution in [-0.2, 0) is 11.3 Å². The molecule has 7 heteroatoms. The molecule has 4 rings (SSSR count). The molecule has 1 aromatic carbocycles. The summed E-state index contributed by atoms with van der Waals surface area (Å²) in [5.74, 6) is 1.29. The normalized spacial score (nSPS) is 20.0. The molecule has 1 amide bonds. The first-order valence-corrected chi connectivity index (χ1v) is 11.2. The van der Waals surface area contributed by atoms with Gasteiger partial charge in [0.05, 0.1) is 26.9 Å². The van der Waals surface area contributed by atoms with Gasteiger partial charge in [-0.3, -0.25) is 14.7 Å². The number of carbonyl (C=O) groups is 1. The third-order valence-electron chi connectivity index (χ3n) is 6.69. The van der Waals surface area contributed by atoms with Crippen LogP contribution >= 0.6 is 0 Å². The van der Waals surface area contributed by atoms with Crippen molar-refractivity contribution in [3.05, 3.63) is 53.9 Å². The Bertz CT molecular complexity index is 890. The van der Waals surface area contributed by atoms with Crippen molar-refractivity contribution in [3.8, 4) is 11.5 Å². The lowest BCUT2D eigenvalue weighted by Crippen LogP contribution is -2.43. The molecule has 0 bridgehead atoms. The predicted octanol–water partition coefficient (Wildman–Crippen LogP) is 3.24. The zero-order valence-corrected chi connectivity index (χ0v) is 19.3. The van der Waals surface area contributed by atoms with E-state index in [1.807, 2.05) is 17.2 Å². The molecule has 0 saturated carbocycles. The summed E-state index contributed by atoms with van der Waals surface area (Å²) in [5.41, 5.74) is 2.00. The fraction of sp³-hybridized carbons (Fsp3) is 0.520. The van der Waals surface area contributed by atoms with Crippen LogP contribution in [0.5, 0.6) is 11.5 Å². The molecular formula is C25H33N3O4. The van der Waals surface area contributed by atoms with E-state index in [2.05, 4.69) is 23.0 Å². The van der Waals surface area contributed by atoms with E-state index in [1.165, 1.54) is 5.56 Å². The minimum Gasteiger partial charge on any atom is -0.497 e. The van der Waals surface area contributed by atoms with Crippen LogP contribution < -0.4 is 9.47 Å². The van der Waals surface area contributed by atoms with E-state index in [0.29, 0.717) is 17.1 Å². The molecule has 172 valence electrons. The Kier molecular flexibility index (Phi) is 6.96. The molecule has 2 aromatic rings. The first kappa shape index (κ1) is 22.6. The largest absolute Gasteiger partial charge is 0.497 e. The number of piperidine rings is 1. The number of aromatic nitrogens is 1. The van der Waals surface area contributed by atoms with Crippen LogP contribution in [0.15, 0.2) is 42.7 Å². The zero-order valence-electron chi connectivity index (χ0n) is 19.3. The topological polar surface area (TPSA) is 64.1 Å². The summed E-state index contributed by atoms with van der Waals surface area (Å²) in [6, 6.07) is 9.42. The fourth-order valence-corrected chi connectivity index (χ4v) is 4.87. The van der Waals surface area contributed by atoms with Crippen LogP contribution in [-0.4, -0.2) is 74.3 Å². The Balaban J connectivity index is 1.30. The highest BCUT2D eigenvalue weighted by atomic mass is 16.5. The number of likely N-dealkylation sites (tertiary alicyclic amines) is 1. The summed E-state index contributed by atoms with van der Waals surface area (Å²) in [7, 11) is 5.32. The van der Waals surface area contributed by atoms with E-state index in [9.17, 15) is 4.79 Å². The third kappa shape index (κ3) is 5.22. The molecule has 0 N–H and O–H groups in total. The standard InChI is InChI=1S/C25H33N3O4/c1-27(16-19-5-4-8-26-15-19)17-23-14-25(18-32-23)6-9-28(10-7-25)24(29)20-11-21(30-2)13-22(12-20)31-3/h4-5,8,11-13,15,23H,6-7,9-10,14,16-18H2,1-3H3. The Morgan fingerprint density at radius 2 is 1.94 bits per heavy atom. The number of likely N-dealkylation sites (N-methyl/N-ethyl adjacent to an activating group) is 1. The summed E-state index contributed by atoms with van der Waals surface area (Å²) < 4.78 is 16.8. The minimum absolute atomic E-state index is 0.0312. The van der Waals surface area contributed by atoms with Crippen LogP contribution in [0, 0.1) is 5.41 Å². The third-order valence-corrected chi connectivity index (χ3v) is 6.69. The summed E-state index contributed by atoms with van der Waals surface area (Å²) >= 11 is 0. The average Bonchev–Trinajstić information content (AvgIpc) is 3.20. The van der Waals surface area contributed by atoms with E-state index in [4.69, 9.17) is 14.2 Å². The Labute approximate surface area is 190 Å². The second-order valence-corrected chi connectivity index (χ2v) is 9.09. The van der Waals surface area contributed by atoms with Gasteiger partial charge < -0.3 is 19.1 Å². The molecule has 2 aliphatic rings. The van der Waals surface area contributed by atoms with Gasteiger partial charge in [-0.1, -0.05) is 6.07 Å². The number of nitrogens with zero attached hydrogens (tertiary/aromatic N) is 3. The van der Waals surface area contributed by atoms with Crippen LogP contribution in [0.2, 0.25) is 0 Å². The maximum Gasteiger partial charge on any atom is 0.254 e. The Morgan fingerprint density at radius 1 is 1.22 bits per heavy atom. The quantitative estimate of drug-likeness (QED) is 0.660. The van der Waals surface area contributed by atoms with Crippen LogP contribution in [0.3, 0.4) is 0 Å². The first-order chi connectivity index (χ1) is 15.5. The lowest BCUT2D eigenvalue weighted by Gasteiger charge is -2.38. The molecule has 1 spiro atoms. The number of amides is 1. The first-order valence-electron chi connectivity index (χ1n) is 11.2. The SMILES string of the molecule is COc1cc(OC)cc(C(=O)N2CCC3(CC2)COC(CN(C)Cc2cccnc2)C3)c1. The van der Waals surface area contributed by atoms with E-state index < -0.39 is 0 Å². The van der Waals surface area contributed by atoms with E-state index in [0.717, 1.165) is 52.0 Å². The molecule has 1 atom stereocenters. The van der Waals surface area contributed by atoms with Gasteiger partial charge in [-0.2, -0.15) is 0 Å². The number of carbonyl (C=O) groups excluding carboxylic acids is 1. The lowest BCUT2D eigenvalue weighted by atomic mass is 9.76. The van der Waals surface area contributed by atoms with Gasteiger partial charge in [0.1, 0.15) is 11.5 Å². The smallest absolute Gasteiger partial charge is 0.254 e. The molecule has 1 aromatic heterocycles. The van der Waals surface area contributed by atoms with Gasteiger partial charge in [-0.25, -0.2) is 0 Å². The lowest BCUT2D eigenvalue weighted by molar-refractivity contribution is 0.0456. The van der Waals surface area contributed by atoms with Crippen molar-refractivity contribution < 1.29 is 19.0 Å². The molecule has 2 saturated heterocycles. The maximum absolute atomic E-state index is 13.1. The van der Waals surface area contributed by atoms with Gasteiger partial charge in [0.2, 0.25) is 0 Å². The van der Waals surface area contributed by atoms with Gasteiger partial charge >= 0.3 is 0 Å². The molecule has 1 unspecified atom stereocenters. The highest BCUT2D eigenvalue weighted by Crippen LogP contribution is 2.42. The summed E-state index contributed by atoms with van der Waals surface area (Å²) in [5, 5.41) is 0. The fourth-order valence-electron chi connectivity index (χ4n) is 4.87. The number of benzene rings is 1. The van der Waals surface area contributed by atoms with Crippen molar-refractivity contribution in [1.29, 1.82) is 0 Å². The van der Waals surface area contributed by atoms with Gasteiger partial charge in [-0.15, -0.1) is 0 Å². The molecule has 0 aliphatic carbocycles. The number of ether oxygens (including phenoxy) is 3. The highest BCUT2D eigenvalue weighted by Gasteiger charge is 2.43. The second-order valence-electron chi connectivity index (χ2n) is 9.09. The second kappa shape index (κ2) is 9.88. The monoisotopic (exact) mass is 439 g/mol. The summed E-state index contributed by atoms with van der Waals surface area (Å²) in [6.07, 6.45) is 6.96. The van der Waals surface area contributed by atoms with E-state index in [-0.39, 0.29) is 17.4 Å². The number of hydrogen-bond acceptors (Lipinski definition) is 6. The van der Waals surface area contributed by atoms with E-state index in [1.54, 1.807) is 38.6 Å².